The fourth-order valence-electron chi connectivity index (χ4n) is 1.07. The lowest BCUT2D eigenvalue weighted by molar-refractivity contribution is -0.121. The molecule has 0 heterocycles. The largest absolute Gasteiger partial charge is 0.379 e. The topological polar surface area (TPSA) is 73.6 Å². The highest BCUT2D eigenvalue weighted by molar-refractivity contribution is 5.74. The molecule has 0 aromatic heterocycles. The Balaban J connectivity index is 3.13. The molecule has 0 atom stereocenters. The highest BCUT2D eigenvalue weighted by Crippen LogP contribution is 2.05. The lowest BCUT2D eigenvalue weighted by Crippen LogP contribution is -2.29. The average Bonchev–Trinajstić information content (AvgIpc) is 2.20. The van der Waals surface area contributed by atoms with Gasteiger partial charge in [-0.15, -0.1) is 0 Å². The first-order chi connectivity index (χ1) is 7.45. The fourth-order valence-corrected chi connectivity index (χ4v) is 1.07. The third kappa shape index (κ3) is 11.4. The van der Waals surface area contributed by atoms with Crippen molar-refractivity contribution in [2.45, 2.75) is 45.6 Å². The molecule has 0 spiro atoms. The van der Waals surface area contributed by atoms with E-state index in [1.807, 2.05) is 20.8 Å². The monoisotopic (exact) mass is 232 g/mol. The molecule has 0 aromatic carbocycles. The van der Waals surface area contributed by atoms with Crippen molar-refractivity contribution in [1.82, 2.24) is 5.43 Å². The summed E-state index contributed by atoms with van der Waals surface area (Å²) in [6.45, 7) is 7.90. The summed E-state index contributed by atoms with van der Waals surface area (Å²) in [4.78, 5) is 10.8. The van der Waals surface area contributed by atoms with Crippen LogP contribution in [0.3, 0.4) is 0 Å². The number of carbonyl (C=O) groups is 1. The van der Waals surface area contributed by atoms with Crippen LogP contribution in [0.5, 0.6) is 0 Å². The van der Waals surface area contributed by atoms with Crippen molar-refractivity contribution in [2.75, 3.05) is 19.8 Å². The summed E-state index contributed by atoms with van der Waals surface area (Å²) >= 11 is 0. The van der Waals surface area contributed by atoms with Crippen molar-refractivity contribution in [1.29, 1.82) is 0 Å². The fraction of sp³-hybridized carbons (Fsp3) is 0.909. The number of ether oxygens (including phenoxy) is 2. The summed E-state index contributed by atoms with van der Waals surface area (Å²) in [5.74, 6) is 4.82. The standard InChI is InChI=1S/C11H24N2O3/c1-11(2,3)16-9-8-15-7-5-4-6-10(14)13-12/h4-9,12H2,1-3H3,(H,13,14). The van der Waals surface area contributed by atoms with Crippen molar-refractivity contribution in [3.05, 3.63) is 0 Å². The Bertz CT molecular complexity index is 190. The molecule has 0 saturated carbocycles. The Kier molecular flexibility index (Phi) is 8.15. The minimum Gasteiger partial charge on any atom is -0.379 e. The molecule has 0 aliphatic heterocycles. The number of rotatable bonds is 8. The molecule has 0 aromatic rings. The van der Waals surface area contributed by atoms with E-state index in [1.54, 1.807) is 0 Å². The van der Waals surface area contributed by atoms with E-state index in [4.69, 9.17) is 15.3 Å². The van der Waals surface area contributed by atoms with Gasteiger partial charge in [0.2, 0.25) is 5.91 Å². The highest BCUT2D eigenvalue weighted by atomic mass is 16.5. The summed E-state index contributed by atoms with van der Waals surface area (Å²) in [5, 5.41) is 0. The molecule has 96 valence electrons. The second-order valence-corrected chi connectivity index (χ2v) is 4.60. The zero-order chi connectivity index (χ0) is 12.4. The Morgan fingerprint density at radius 2 is 1.88 bits per heavy atom. The summed E-state index contributed by atoms with van der Waals surface area (Å²) in [5.41, 5.74) is 1.98. The third-order valence-corrected chi connectivity index (χ3v) is 1.87. The predicted octanol–water partition coefficient (Wildman–Crippen LogP) is 0.978. The Hall–Kier alpha value is -0.650. The van der Waals surface area contributed by atoms with Crippen molar-refractivity contribution >= 4 is 5.91 Å². The maximum absolute atomic E-state index is 10.8. The summed E-state index contributed by atoms with van der Waals surface area (Å²) in [6.07, 6.45) is 2.12. The second kappa shape index (κ2) is 8.50. The minimum absolute atomic E-state index is 0.109. The predicted molar refractivity (Wildman–Crippen MR) is 62.7 cm³/mol. The van der Waals surface area contributed by atoms with E-state index in [1.165, 1.54) is 0 Å². The van der Waals surface area contributed by atoms with Gasteiger partial charge in [-0.2, -0.15) is 0 Å². The molecule has 0 saturated heterocycles. The van der Waals surface area contributed by atoms with E-state index in [0.717, 1.165) is 12.8 Å². The molecule has 0 unspecified atom stereocenters. The molecular formula is C11H24N2O3. The number of hydrogen-bond donors (Lipinski definition) is 2. The van der Waals surface area contributed by atoms with Crippen LogP contribution in [0.2, 0.25) is 0 Å². The number of hydrazine groups is 1. The van der Waals surface area contributed by atoms with Gasteiger partial charge in [0.15, 0.2) is 0 Å². The summed E-state index contributed by atoms with van der Waals surface area (Å²) < 4.78 is 10.8. The molecule has 0 fully saturated rings. The van der Waals surface area contributed by atoms with E-state index in [9.17, 15) is 4.79 Å². The van der Waals surface area contributed by atoms with Gasteiger partial charge in [-0.3, -0.25) is 10.2 Å². The van der Waals surface area contributed by atoms with Crippen LogP contribution < -0.4 is 11.3 Å². The van der Waals surface area contributed by atoms with Crippen molar-refractivity contribution in [3.63, 3.8) is 0 Å². The molecule has 16 heavy (non-hydrogen) atoms. The first-order valence-electron chi connectivity index (χ1n) is 5.67. The molecule has 5 heteroatoms. The average molecular weight is 232 g/mol. The molecule has 0 aliphatic rings. The van der Waals surface area contributed by atoms with Gasteiger partial charge in [0.05, 0.1) is 18.8 Å². The number of amides is 1. The van der Waals surface area contributed by atoms with Crippen LogP contribution >= 0.6 is 0 Å². The van der Waals surface area contributed by atoms with Gasteiger partial charge in [-0.05, 0) is 33.6 Å². The van der Waals surface area contributed by atoms with Gasteiger partial charge in [0, 0.05) is 13.0 Å². The van der Waals surface area contributed by atoms with Crippen LogP contribution in [0.1, 0.15) is 40.0 Å². The van der Waals surface area contributed by atoms with Gasteiger partial charge in [0.1, 0.15) is 0 Å². The number of unbranched alkanes of at least 4 members (excludes halogenated alkanes) is 1. The molecule has 3 N–H and O–H groups in total. The quantitative estimate of drug-likeness (QED) is 0.283. The molecule has 0 aliphatic carbocycles. The van der Waals surface area contributed by atoms with E-state index >= 15 is 0 Å². The van der Waals surface area contributed by atoms with Crippen LogP contribution in [0.15, 0.2) is 0 Å². The van der Waals surface area contributed by atoms with Gasteiger partial charge in [-0.1, -0.05) is 0 Å². The SMILES string of the molecule is CC(C)(C)OCCOCCCCC(=O)NN. The first-order valence-corrected chi connectivity index (χ1v) is 5.67. The van der Waals surface area contributed by atoms with Gasteiger partial charge in [0.25, 0.3) is 0 Å². The van der Waals surface area contributed by atoms with Crippen molar-refractivity contribution < 1.29 is 14.3 Å². The molecular weight excluding hydrogens is 208 g/mol. The van der Waals surface area contributed by atoms with Crippen LogP contribution in [0.4, 0.5) is 0 Å². The molecule has 0 bridgehead atoms. The number of nitrogens with one attached hydrogen (secondary N) is 1. The third-order valence-electron chi connectivity index (χ3n) is 1.87. The van der Waals surface area contributed by atoms with Gasteiger partial charge >= 0.3 is 0 Å². The van der Waals surface area contributed by atoms with E-state index in [2.05, 4.69) is 5.43 Å². The first kappa shape index (κ1) is 15.3. The number of nitrogens with two attached hydrogens (primary N) is 1. The molecule has 0 rings (SSSR count). The van der Waals surface area contributed by atoms with Crippen LogP contribution in [-0.4, -0.2) is 31.3 Å². The van der Waals surface area contributed by atoms with E-state index < -0.39 is 0 Å². The van der Waals surface area contributed by atoms with Gasteiger partial charge in [-0.25, -0.2) is 5.84 Å². The lowest BCUT2D eigenvalue weighted by atomic mass is 10.2. The van der Waals surface area contributed by atoms with Crippen LogP contribution in [0.25, 0.3) is 0 Å². The molecule has 1 amide bonds. The smallest absolute Gasteiger partial charge is 0.233 e. The maximum atomic E-state index is 10.8. The Morgan fingerprint density at radius 1 is 1.19 bits per heavy atom. The molecule has 0 radical (unpaired) electrons. The maximum Gasteiger partial charge on any atom is 0.233 e. The molecule has 5 nitrogen and oxygen atoms in total. The number of carbonyl (C=O) groups excluding carboxylic acids is 1. The normalized spacial score (nSPS) is 11.5. The van der Waals surface area contributed by atoms with Gasteiger partial charge < -0.3 is 9.47 Å². The lowest BCUT2D eigenvalue weighted by Gasteiger charge is -2.19. The van der Waals surface area contributed by atoms with Crippen LogP contribution in [-0.2, 0) is 14.3 Å². The number of hydrogen-bond acceptors (Lipinski definition) is 4. The summed E-state index contributed by atoms with van der Waals surface area (Å²) in [7, 11) is 0. The minimum atomic E-state index is -0.129. The second-order valence-electron chi connectivity index (χ2n) is 4.60. The van der Waals surface area contributed by atoms with Crippen LogP contribution in [0, 0.1) is 0 Å². The summed E-state index contributed by atoms with van der Waals surface area (Å²) in [6, 6.07) is 0. The van der Waals surface area contributed by atoms with E-state index in [0.29, 0.717) is 26.2 Å². The Morgan fingerprint density at radius 3 is 2.44 bits per heavy atom. The zero-order valence-corrected chi connectivity index (χ0v) is 10.5. The zero-order valence-electron chi connectivity index (χ0n) is 10.5. The van der Waals surface area contributed by atoms with Crippen molar-refractivity contribution in [3.8, 4) is 0 Å². The highest BCUT2D eigenvalue weighted by Gasteiger charge is 2.08. The Labute approximate surface area is 97.6 Å². The van der Waals surface area contributed by atoms with E-state index in [-0.39, 0.29) is 11.5 Å². The van der Waals surface area contributed by atoms with Crippen molar-refractivity contribution in [2.24, 2.45) is 5.84 Å².